The van der Waals surface area contributed by atoms with Crippen LogP contribution in [-0.4, -0.2) is 24.9 Å². The van der Waals surface area contributed by atoms with Crippen molar-refractivity contribution in [2.45, 2.75) is 27.2 Å². The Morgan fingerprint density at radius 3 is 2.58 bits per heavy atom. The summed E-state index contributed by atoms with van der Waals surface area (Å²) < 4.78 is 0.921. The Bertz CT molecular complexity index is 475. The molecule has 0 saturated carbocycles. The van der Waals surface area contributed by atoms with Crippen molar-refractivity contribution in [1.82, 2.24) is 5.32 Å². The van der Waals surface area contributed by atoms with Crippen LogP contribution < -0.4 is 10.2 Å². The molecular weight excluding hydrogens is 308 g/mol. The molecule has 1 rings (SSSR count). The quantitative estimate of drug-likeness (QED) is 0.904. The highest BCUT2D eigenvalue weighted by atomic mass is 79.9. The van der Waals surface area contributed by atoms with E-state index in [2.05, 4.69) is 21.2 Å². The van der Waals surface area contributed by atoms with Crippen LogP contribution >= 0.6 is 15.9 Å². The zero-order valence-corrected chi connectivity index (χ0v) is 13.1. The molecule has 0 radical (unpaired) electrons. The average molecular weight is 327 g/mol. The van der Waals surface area contributed by atoms with Gasteiger partial charge in [0.15, 0.2) is 0 Å². The molecular formula is C14H19BrN2O2. The van der Waals surface area contributed by atoms with E-state index in [0.29, 0.717) is 6.54 Å². The van der Waals surface area contributed by atoms with E-state index in [-0.39, 0.29) is 18.4 Å². The van der Waals surface area contributed by atoms with E-state index in [4.69, 9.17) is 0 Å². The fourth-order valence-electron chi connectivity index (χ4n) is 1.60. The number of aryl methyl sites for hydroxylation is 1. The maximum absolute atomic E-state index is 11.7. The molecule has 0 aliphatic carbocycles. The van der Waals surface area contributed by atoms with Gasteiger partial charge in [0.2, 0.25) is 11.8 Å². The molecule has 1 N–H and O–H groups in total. The number of hydrogen-bond donors (Lipinski definition) is 1. The van der Waals surface area contributed by atoms with E-state index in [0.717, 1.165) is 22.1 Å². The molecule has 0 aliphatic rings. The van der Waals surface area contributed by atoms with Crippen LogP contribution in [0.5, 0.6) is 0 Å². The van der Waals surface area contributed by atoms with Gasteiger partial charge in [-0.25, -0.2) is 0 Å². The molecule has 0 saturated heterocycles. The number of nitrogens with one attached hydrogen (secondary N) is 1. The van der Waals surface area contributed by atoms with Gasteiger partial charge in [-0.3, -0.25) is 9.59 Å². The molecule has 1 aromatic carbocycles. The first-order chi connectivity index (χ1) is 8.95. The van der Waals surface area contributed by atoms with Gasteiger partial charge in [-0.2, -0.15) is 0 Å². The third kappa shape index (κ3) is 4.67. The molecule has 2 amide bonds. The Morgan fingerprint density at radius 1 is 1.37 bits per heavy atom. The van der Waals surface area contributed by atoms with Gasteiger partial charge in [0.05, 0.1) is 0 Å². The third-order valence-electron chi connectivity index (χ3n) is 2.72. The summed E-state index contributed by atoms with van der Waals surface area (Å²) in [5, 5.41) is 2.77. The van der Waals surface area contributed by atoms with E-state index in [1.54, 1.807) is 0 Å². The molecule has 5 heteroatoms. The Balaban J connectivity index is 2.85. The topological polar surface area (TPSA) is 49.4 Å². The van der Waals surface area contributed by atoms with Crippen LogP contribution in [0.1, 0.15) is 25.8 Å². The van der Waals surface area contributed by atoms with Crippen molar-refractivity contribution in [2.75, 3.05) is 18.0 Å². The summed E-state index contributed by atoms with van der Waals surface area (Å²) in [5.41, 5.74) is 1.80. The van der Waals surface area contributed by atoms with Crippen LogP contribution in [0.3, 0.4) is 0 Å². The van der Waals surface area contributed by atoms with Crippen LogP contribution in [0.25, 0.3) is 0 Å². The Morgan fingerprint density at radius 2 is 2.05 bits per heavy atom. The molecule has 4 nitrogen and oxygen atoms in total. The van der Waals surface area contributed by atoms with E-state index >= 15 is 0 Å². The first kappa shape index (κ1) is 15.7. The fraction of sp³-hybridized carbons (Fsp3) is 0.429. The predicted molar refractivity (Wildman–Crippen MR) is 80.2 cm³/mol. The highest BCUT2D eigenvalue weighted by Crippen LogP contribution is 2.23. The minimum absolute atomic E-state index is 0.0465. The number of nitrogens with zero attached hydrogens (tertiary/aromatic N) is 1. The van der Waals surface area contributed by atoms with Crippen molar-refractivity contribution < 1.29 is 9.59 Å². The van der Waals surface area contributed by atoms with Crippen LogP contribution in [0.4, 0.5) is 5.69 Å². The van der Waals surface area contributed by atoms with Crippen molar-refractivity contribution in [3.63, 3.8) is 0 Å². The van der Waals surface area contributed by atoms with Crippen molar-refractivity contribution in [3.05, 3.63) is 28.2 Å². The van der Waals surface area contributed by atoms with Crippen molar-refractivity contribution in [2.24, 2.45) is 0 Å². The van der Waals surface area contributed by atoms with Gasteiger partial charge < -0.3 is 10.2 Å². The summed E-state index contributed by atoms with van der Waals surface area (Å²) in [7, 11) is 0. The van der Waals surface area contributed by atoms with E-state index in [1.807, 2.05) is 32.0 Å². The highest BCUT2D eigenvalue weighted by Gasteiger charge is 2.16. The van der Waals surface area contributed by atoms with Crippen molar-refractivity contribution in [3.8, 4) is 0 Å². The first-order valence-electron chi connectivity index (χ1n) is 6.26. The molecule has 0 unspecified atom stereocenters. The molecule has 0 aliphatic heterocycles. The van der Waals surface area contributed by atoms with E-state index in [9.17, 15) is 9.59 Å². The molecule has 1 aromatic rings. The second-order valence-electron chi connectivity index (χ2n) is 4.39. The lowest BCUT2D eigenvalue weighted by Crippen LogP contribution is -2.40. The highest BCUT2D eigenvalue weighted by molar-refractivity contribution is 9.10. The van der Waals surface area contributed by atoms with Gasteiger partial charge in [-0.05, 0) is 31.0 Å². The molecule has 19 heavy (non-hydrogen) atoms. The maximum Gasteiger partial charge on any atom is 0.240 e. The van der Waals surface area contributed by atoms with Gasteiger partial charge in [-0.1, -0.05) is 28.9 Å². The van der Waals surface area contributed by atoms with Crippen LogP contribution in [-0.2, 0) is 9.59 Å². The molecule has 0 fully saturated rings. The summed E-state index contributed by atoms with van der Waals surface area (Å²) in [6, 6.07) is 5.61. The second kappa shape index (κ2) is 7.28. The van der Waals surface area contributed by atoms with Gasteiger partial charge >= 0.3 is 0 Å². The van der Waals surface area contributed by atoms with Gasteiger partial charge in [-0.15, -0.1) is 0 Å². The summed E-state index contributed by atoms with van der Waals surface area (Å²) in [6.45, 7) is 6.09. The number of carbonyl (C=O) groups excluding carboxylic acids is 2. The fourth-order valence-corrected chi connectivity index (χ4v) is 1.96. The number of hydrogen-bond acceptors (Lipinski definition) is 2. The molecule has 0 bridgehead atoms. The molecule has 0 atom stereocenters. The number of anilines is 1. The smallest absolute Gasteiger partial charge is 0.240 e. The van der Waals surface area contributed by atoms with Crippen molar-refractivity contribution in [1.29, 1.82) is 0 Å². The Kier molecular flexibility index (Phi) is 6.02. The summed E-state index contributed by atoms with van der Waals surface area (Å²) in [4.78, 5) is 24.9. The SMILES string of the molecule is CCCNC(=O)CN(C(C)=O)c1ccc(C)c(Br)c1. The summed E-state index contributed by atoms with van der Waals surface area (Å²) in [5.74, 6) is -0.295. The van der Waals surface area contributed by atoms with Crippen LogP contribution in [0.2, 0.25) is 0 Å². The van der Waals surface area contributed by atoms with E-state index < -0.39 is 0 Å². The molecule has 0 spiro atoms. The molecule has 104 valence electrons. The zero-order valence-electron chi connectivity index (χ0n) is 11.5. The monoisotopic (exact) mass is 326 g/mol. The van der Waals surface area contributed by atoms with Crippen LogP contribution in [0, 0.1) is 6.92 Å². The number of rotatable bonds is 5. The lowest BCUT2D eigenvalue weighted by molar-refractivity contribution is -0.123. The second-order valence-corrected chi connectivity index (χ2v) is 5.24. The molecule has 0 aromatic heterocycles. The number of amides is 2. The van der Waals surface area contributed by atoms with Gasteiger partial charge in [0.1, 0.15) is 6.54 Å². The predicted octanol–water partition coefficient (Wildman–Crippen LogP) is 2.64. The van der Waals surface area contributed by atoms with Gasteiger partial charge in [0.25, 0.3) is 0 Å². The standard InChI is InChI=1S/C14H19BrN2O2/c1-4-7-16-14(19)9-17(11(3)18)12-6-5-10(2)13(15)8-12/h5-6,8H,4,7,9H2,1-3H3,(H,16,19). The number of carbonyl (C=O) groups is 2. The molecule has 0 heterocycles. The average Bonchev–Trinajstić information content (AvgIpc) is 2.36. The Labute approximate surface area is 122 Å². The summed E-state index contributed by atoms with van der Waals surface area (Å²) >= 11 is 3.43. The van der Waals surface area contributed by atoms with E-state index in [1.165, 1.54) is 11.8 Å². The minimum Gasteiger partial charge on any atom is -0.355 e. The van der Waals surface area contributed by atoms with Crippen LogP contribution in [0.15, 0.2) is 22.7 Å². The van der Waals surface area contributed by atoms with Gasteiger partial charge in [0, 0.05) is 23.6 Å². The normalized spacial score (nSPS) is 10.1. The maximum atomic E-state index is 11.7. The lowest BCUT2D eigenvalue weighted by atomic mass is 10.2. The minimum atomic E-state index is -0.151. The Hall–Kier alpha value is -1.36. The van der Waals surface area contributed by atoms with Crippen molar-refractivity contribution >= 4 is 33.4 Å². The largest absolute Gasteiger partial charge is 0.355 e. The zero-order chi connectivity index (χ0) is 14.4. The summed E-state index contributed by atoms with van der Waals surface area (Å²) in [6.07, 6.45) is 0.877. The third-order valence-corrected chi connectivity index (χ3v) is 3.58. The number of benzene rings is 1. The number of halogens is 1. The first-order valence-corrected chi connectivity index (χ1v) is 7.06. The lowest BCUT2D eigenvalue weighted by Gasteiger charge is -2.21.